The summed E-state index contributed by atoms with van der Waals surface area (Å²) < 4.78 is 1.84. The highest BCUT2D eigenvalue weighted by Gasteiger charge is 2.21. The molecule has 2 rings (SSSR count). The summed E-state index contributed by atoms with van der Waals surface area (Å²) in [6.45, 7) is 2.84. The van der Waals surface area contributed by atoms with Crippen LogP contribution >= 0.6 is 34.8 Å². The quantitative estimate of drug-likeness (QED) is 0.646. The van der Waals surface area contributed by atoms with Gasteiger partial charge in [0.2, 0.25) is 0 Å². The monoisotopic (exact) mass is 332 g/mol. The molecule has 0 bridgehead atoms. The van der Waals surface area contributed by atoms with E-state index in [1.807, 2.05) is 10.7 Å². The predicted molar refractivity (Wildman–Crippen MR) is 83.2 cm³/mol. The number of benzene rings is 1. The lowest BCUT2D eigenvalue weighted by molar-refractivity contribution is 0.521. The van der Waals surface area contributed by atoms with Crippen molar-refractivity contribution < 1.29 is 0 Å². The first-order valence-electron chi connectivity index (χ1n) is 6.20. The zero-order valence-corrected chi connectivity index (χ0v) is 13.2. The van der Waals surface area contributed by atoms with Gasteiger partial charge in [0.25, 0.3) is 0 Å². The standard InChI is InChI=1S/C13H15Cl3N4/c1-2-5-20-13(11(16)7-18-20)12(19-17)8-3-4-9(14)10(15)6-8/h3-4,6-7,12,19H,2,5,17H2,1H3. The Morgan fingerprint density at radius 2 is 2.00 bits per heavy atom. The van der Waals surface area contributed by atoms with Gasteiger partial charge in [0.15, 0.2) is 0 Å². The maximum Gasteiger partial charge on any atom is 0.0894 e. The third kappa shape index (κ3) is 3.10. The Labute approximate surface area is 132 Å². The van der Waals surface area contributed by atoms with Crippen molar-refractivity contribution in [1.82, 2.24) is 15.2 Å². The van der Waals surface area contributed by atoms with Gasteiger partial charge in [-0.15, -0.1) is 0 Å². The summed E-state index contributed by atoms with van der Waals surface area (Å²) in [5.74, 6) is 5.69. The van der Waals surface area contributed by atoms with Crippen LogP contribution in [0.5, 0.6) is 0 Å². The van der Waals surface area contributed by atoms with E-state index in [0.29, 0.717) is 15.1 Å². The molecule has 3 N–H and O–H groups in total. The Balaban J connectivity index is 2.46. The maximum atomic E-state index is 6.24. The van der Waals surface area contributed by atoms with Gasteiger partial charge >= 0.3 is 0 Å². The zero-order valence-electron chi connectivity index (χ0n) is 10.9. The molecular formula is C13H15Cl3N4. The van der Waals surface area contributed by atoms with E-state index in [1.54, 1.807) is 18.3 Å². The number of nitrogens with two attached hydrogens (primary N) is 1. The predicted octanol–water partition coefficient (Wildman–Crippen LogP) is 3.81. The highest BCUT2D eigenvalue weighted by atomic mass is 35.5. The first-order chi connectivity index (χ1) is 9.58. The van der Waals surface area contributed by atoms with Gasteiger partial charge in [-0.05, 0) is 24.1 Å². The van der Waals surface area contributed by atoms with Crippen molar-refractivity contribution in [2.45, 2.75) is 25.9 Å². The molecule has 7 heteroatoms. The molecule has 0 saturated carbocycles. The lowest BCUT2D eigenvalue weighted by Crippen LogP contribution is -2.31. The van der Waals surface area contributed by atoms with E-state index in [0.717, 1.165) is 24.2 Å². The smallest absolute Gasteiger partial charge is 0.0894 e. The van der Waals surface area contributed by atoms with Crippen LogP contribution in [-0.2, 0) is 6.54 Å². The van der Waals surface area contributed by atoms with Gasteiger partial charge in [-0.3, -0.25) is 10.5 Å². The highest BCUT2D eigenvalue weighted by Crippen LogP contribution is 2.31. The minimum absolute atomic E-state index is 0.300. The Bertz CT molecular complexity index is 597. The van der Waals surface area contributed by atoms with E-state index in [2.05, 4.69) is 17.4 Å². The van der Waals surface area contributed by atoms with Crippen LogP contribution in [0.4, 0.5) is 0 Å². The average molecular weight is 334 g/mol. The third-order valence-corrected chi connectivity index (χ3v) is 4.02. The highest BCUT2D eigenvalue weighted by molar-refractivity contribution is 6.42. The van der Waals surface area contributed by atoms with Crippen LogP contribution in [0.2, 0.25) is 15.1 Å². The summed E-state index contributed by atoms with van der Waals surface area (Å²) in [7, 11) is 0. The van der Waals surface area contributed by atoms with Crippen molar-refractivity contribution in [3.05, 3.63) is 50.7 Å². The van der Waals surface area contributed by atoms with Gasteiger partial charge < -0.3 is 0 Å². The van der Waals surface area contributed by atoms with Gasteiger partial charge in [0.1, 0.15) is 0 Å². The van der Waals surface area contributed by atoms with E-state index in [4.69, 9.17) is 40.6 Å². The molecule has 0 fully saturated rings. The van der Waals surface area contributed by atoms with Gasteiger partial charge in [-0.1, -0.05) is 47.8 Å². The molecule has 1 atom stereocenters. The number of hydrogen-bond donors (Lipinski definition) is 2. The van der Waals surface area contributed by atoms with Gasteiger partial charge in [0.05, 0.1) is 33.0 Å². The second-order valence-electron chi connectivity index (χ2n) is 4.37. The number of rotatable bonds is 5. The molecule has 1 aromatic heterocycles. The molecule has 1 unspecified atom stereocenters. The Morgan fingerprint density at radius 1 is 1.25 bits per heavy atom. The van der Waals surface area contributed by atoms with E-state index < -0.39 is 0 Å². The molecule has 20 heavy (non-hydrogen) atoms. The zero-order chi connectivity index (χ0) is 14.7. The van der Waals surface area contributed by atoms with E-state index >= 15 is 0 Å². The van der Waals surface area contributed by atoms with Crippen molar-refractivity contribution in [3.8, 4) is 0 Å². The topological polar surface area (TPSA) is 55.9 Å². The third-order valence-electron chi connectivity index (χ3n) is 2.99. The number of aryl methyl sites for hydroxylation is 1. The summed E-state index contributed by atoms with van der Waals surface area (Å²) in [5.41, 5.74) is 4.45. The van der Waals surface area contributed by atoms with Crippen molar-refractivity contribution in [2.75, 3.05) is 0 Å². The minimum atomic E-state index is -0.300. The fraction of sp³-hybridized carbons (Fsp3) is 0.308. The van der Waals surface area contributed by atoms with Crippen LogP contribution in [-0.4, -0.2) is 9.78 Å². The molecule has 0 saturated heterocycles. The molecule has 108 valence electrons. The van der Waals surface area contributed by atoms with Crippen molar-refractivity contribution in [1.29, 1.82) is 0 Å². The first kappa shape index (κ1) is 15.6. The van der Waals surface area contributed by atoms with Gasteiger partial charge in [-0.25, -0.2) is 5.43 Å². The Morgan fingerprint density at radius 3 is 2.60 bits per heavy atom. The molecule has 1 heterocycles. The molecule has 0 aliphatic heterocycles. The molecule has 0 spiro atoms. The maximum absolute atomic E-state index is 6.24. The number of halogens is 3. The number of hydrazine groups is 1. The lowest BCUT2D eigenvalue weighted by atomic mass is 10.0. The Hall–Kier alpha value is -0.780. The molecular weight excluding hydrogens is 319 g/mol. The number of hydrogen-bond acceptors (Lipinski definition) is 3. The number of nitrogens with one attached hydrogen (secondary N) is 1. The second kappa shape index (κ2) is 6.78. The summed E-state index contributed by atoms with van der Waals surface area (Å²) >= 11 is 18.2. The van der Waals surface area contributed by atoms with Crippen LogP contribution in [0.1, 0.15) is 30.6 Å². The van der Waals surface area contributed by atoms with Gasteiger partial charge in [-0.2, -0.15) is 5.10 Å². The lowest BCUT2D eigenvalue weighted by Gasteiger charge is -2.19. The number of aromatic nitrogens is 2. The molecule has 0 aliphatic rings. The first-order valence-corrected chi connectivity index (χ1v) is 7.34. The fourth-order valence-corrected chi connectivity index (χ4v) is 2.63. The van der Waals surface area contributed by atoms with E-state index in [9.17, 15) is 0 Å². The van der Waals surface area contributed by atoms with Crippen molar-refractivity contribution in [2.24, 2.45) is 5.84 Å². The van der Waals surface area contributed by atoms with Crippen LogP contribution < -0.4 is 11.3 Å². The Kier molecular flexibility index (Phi) is 5.29. The summed E-state index contributed by atoms with van der Waals surface area (Å²) in [4.78, 5) is 0. The van der Waals surface area contributed by atoms with Gasteiger partial charge in [0, 0.05) is 6.54 Å². The molecule has 1 aromatic carbocycles. The van der Waals surface area contributed by atoms with E-state index in [1.165, 1.54) is 0 Å². The fourth-order valence-electron chi connectivity index (χ4n) is 2.07. The van der Waals surface area contributed by atoms with Crippen LogP contribution in [0, 0.1) is 0 Å². The summed E-state index contributed by atoms with van der Waals surface area (Å²) in [6, 6.07) is 5.07. The SMILES string of the molecule is CCCn1ncc(Cl)c1C(NN)c1ccc(Cl)c(Cl)c1. The number of nitrogens with zero attached hydrogens (tertiary/aromatic N) is 2. The van der Waals surface area contributed by atoms with E-state index in [-0.39, 0.29) is 6.04 Å². The molecule has 0 aliphatic carbocycles. The largest absolute Gasteiger partial charge is 0.271 e. The van der Waals surface area contributed by atoms with Crippen molar-refractivity contribution >= 4 is 34.8 Å². The average Bonchev–Trinajstić information content (AvgIpc) is 2.77. The summed E-state index contributed by atoms with van der Waals surface area (Å²) in [5, 5.41) is 5.81. The van der Waals surface area contributed by atoms with Crippen molar-refractivity contribution in [3.63, 3.8) is 0 Å². The van der Waals surface area contributed by atoms with Crippen LogP contribution in [0.15, 0.2) is 24.4 Å². The molecule has 0 amide bonds. The molecule has 0 radical (unpaired) electrons. The summed E-state index contributed by atoms with van der Waals surface area (Å²) in [6.07, 6.45) is 2.57. The minimum Gasteiger partial charge on any atom is -0.271 e. The molecule has 4 nitrogen and oxygen atoms in total. The normalized spacial score (nSPS) is 12.7. The second-order valence-corrected chi connectivity index (χ2v) is 5.60. The van der Waals surface area contributed by atoms with Crippen LogP contribution in [0.3, 0.4) is 0 Å². The molecule has 2 aromatic rings. The van der Waals surface area contributed by atoms with Crippen LogP contribution in [0.25, 0.3) is 0 Å².